The van der Waals surface area contributed by atoms with Gasteiger partial charge in [-0.15, -0.1) is 25.3 Å². The Labute approximate surface area is 73.6 Å². The molecule has 0 unspecified atom stereocenters. The molecule has 0 radical (unpaired) electrons. The Morgan fingerprint density at radius 1 is 1.11 bits per heavy atom. The van der Waals surface area contributed by atoms with Crippen LogP contribution in [0.15, 0.2) is 32.5 Å². The van der Waals surface area contributed by atoms with E-state index in [2.05, 4.69) is 41.2 Å². The second kappa shape index (κ2) is 2.99. The Balaban J connectivity index is 3.17. The summed E-state index contributed by atoms with van der Waals surface area (Å²) in [5.74, 6) is 0. The number of benzene rings is 1. The molecule has 0 atom stereocenters. The highest BCUT2D eigenvalue weighted by atomic mass is 79.9. The monoisotopic (exact) mass is 220 g/mol. The molecule has 0 aliphatic carbocycles. The van der Waals surface area contributed by atoms with Crippen LogP contribution in [0.4, 0.5) is 0 Å². The van der Waals surface area contributed by atoms with E-state index < -0.39 is 0 Å². The van der Waals surface area contributed by atoms with E-state index in [9.17, 15) is 0 Å². The van der Waals surface area contributed by atoms with Crippen molar-refractivity contribution in [3.05, 3.63) is 22.7 Å². The molecule has 0 saturated carbocycles. The van der Waals surface area contributed by atoms with Crippen LogP contribution in [0.5, 0.6) is 0 Å². The molecule has 1 aromatic rings. The van der Waals surface area contributed by atoms with Gasteiger partial charge in [-0.2, -0.15) is 0 Å². The fourth-order valence-electron chi connectivity index (χ4n) is 0.497. The van der Waals surface area contributed by atoms with Gasteiger partial charge in [0, 0.05) is 14.3 Å². The number of rotatable bonds is 0. The molecule has 0 amide bonds. The van der Waals surface area contributed by atoms with Crippen LogP contribution in [0.3, 0.4) is 0 Å². The Hall–Kier alpha value is 0.400. The summed E-state index contributed by atoms with van der Waals surface area (Å²) in [4.78, 5) is 1.80. The molecule has 1 rings (SSSR count). The van der Waals surface area contributed by atoms with Gasteiger partial charge >= 0.3 is 0 Å². The van der Waals surface area contributed by atoms with Crippen LogP contribution in [-0.4, -0.2) is 0 Å². The van der Waals surface area contributed by atoms with E-state index in [0.717, 1.165) is 14.3 Å². The highest BCUT2D eigenvalue weighted by molar-refractivity contribution is 9.10. The molecular formula is C6H5BrS2. The Morgan fingerprint density at radius 3 is 2.22 bits per heavy atom. The molecule has 0 bridgehead atoms. The number of thiol groups is 2. The summed E-state index contributed by atoms with van der Waals surface area (Å²) >= 11 is 11.6. The number of hydrogen-bond donors (Lipinski definition) is 2. The van der Waals surface area contributed by atoms with Crippen LogP contribution in [-0.2, 0) is 0 Å². The van der Waals surface area contributed by atoms with Gasteiger partial charge in [0.25, 0.3) is 0 Å². The van der Waals surface area contributed by atoms with E-state index in [-0.39, 0.29) is 0 Å². The van der Waals surface area contributed by atoms with Gasteiger partial charge in [0.05, 0.1) is 0 Å². The molecule has 0 aliphatic rings. The molecular weight excluding hydrogens is 216 g/mol. The number of hydrogen-bond acceptors (Lipinski definition) is 2. The predicted molar refractivity (Wildman–Crippen MR) is 48.6 cm³/mol. The standard InChI is InChI=1S/C6H5BrS2/c7-4-1-2-5(8)6(9)3-4/h1-3,8-9H. The van der Waals surface area contributed by atoms with Crippen molar-refractivity contribution in [3.8, 4) is 0 Å². The summed E-state index contributed by atoms with van der Waals surface area (Å²) in [6, 6.07) is 5.74. The molecule has 1 aromatic carbocycles. The lowest BCUT2D eigenvalue weighted by molar-refractivity contribution is 1.26. The van der Waals surface area contributed by atoms with Gasteiger partial charge < -0.3 is 0 Å². The molecule has 0 nitrogen and oxygen atoms in total. The van der Waals surface area contributed by atoms with Crippen molar-refractivity contribution in [2.75, 3.05) is 0 Å². The lowest BCUT2D eigenvalue weighted by atomic mass is 10.4. The lowest BCUT2D eigenvalue weighted by Crippen LogP contribution is -1.69. The summed E-state index contributed by atoms with van der Waals surface area (Å²) in [6.45, 7) is 0. The molecule has 48 valence electrons. The minimum atomic E-state index is 0.896. The van der Waals surface area contributed by atoms with Crippen molar-refractivity contribution in [2.45, 2.75) is 9.79 Å². The summed E-state index contributed by atoms with van der Waals surface area (Å²) in [6.07, 6.45) is 0. The second-order valence-corrected chi connectivity index (χ2v) is 3.51. The van der Waals surface area contributed by atoms with Crippen molar-refractivity contribution in [2.24, 2.45) is 0 Å². The third-order valence-corrected chi connectivity index (χ3v) is 2.37. The van der Waals surface area contributed by atoms with E-state index in [1.807, 2.05) is 18.2 Å². The topological polar surface area (TPSA) is 0 Å². The molecule has 0 spiro atoms. The maximum Gasteiger partial charge on any atom is 0.0187 e. The quantitative estimate of drug-likeness (QED) is 0.618. The lowest BCUT2D eigenvalue weighted by Gasteiger charge is -1.95. The zero-order valence-electron chi connectivity index (χ0n) is 4.50. The van der Waals surface area contributed by atoms with E-state index in [1.165, 1.54) is 0 Å². The SMILES string of the molecule is Sc1ccc(Br)cc1S. The number of halogens is 1. The first-order valence-corrected chi connectivity index (χ1v) is 4.06. The maximum atomic E-state index is 4.16. The van der Waals surface area contributed by atoms with Crippen LogP contribution in [0.2, 0.25) is 0 Å². The molecule has 0 heterocycles. The van der Waals surface area contributed by atoms with Gasteiger partial charge in [-0.05, 0) is 18.2 Å². The highest BCUT2D eigenvalue weighted by Gasteiger charge is 1.92. The minimum Gasteiger partial charge on any atom is -0.142 e. The Kier molecular flexibility index (Phi) is 2.50. The van der Waals surface area contributed by atoms with E-state index >= 15 is 0 Å². The molecule has 0 fully saturated rings. The van der Waals surface area contributed by atoms with Crippen molar-refractivity contribution in [1.29, 1.82) is 0 Å². The van der Waals surface area contributed by atoms with Crippen molar-refractivity contribution < 1.29 is 0 Å². The summed E-state index contributed by atoms with van der Waals surface area (Å²) in [7, 11) is 0. The third kappa shape index (κ3) is 1.92. The zero-order chi connectivity index (χ0) is 6.85. The van der Waals surface area contributed by atoms with Crippen molar-refractivity contribution in [3.63, 3.8) is 0 Å². The third-order valence-electron chi connectivity index (χ3n) is 0.937. The van der Waals surface area contributed by atoms with Gasteiger partial charge in [0.15, 0.2) is 0 Å². The minimum absolute atomic E-state index is 0.896. The average Bonchev–Trinajstić information content (AvgIpc) is 1.80. The second-order valence-electron chi connectivity index (χ2n) is 1.63. The molecule has 3 heteroatoms. The molecule has 0 aliphatic heterocycles. The average molecular weight is 221 g/mol. The van der Waals surface area contributed by atoms with Crippen LogP contribution in [0.1, 0.15) is 0 Å². The van der Waals surface area contributed by atoms with Gasteiger partial charge in [-0.25, -0.2) is 0 Å². The Bertz CT molecular complexity index is 222. The first-order valence-electron chi connectivity index (χ1n) is 2.37. The summed E-state index contributed by atoms with van der Waals surface area (Å²) < 4.78 is 1.03. The van der Waals surface area contributed by atoms with Gasteiger partial charge in [0.2, 0.25) is 0 Å². The molecule has 0 saturated heterocycles. The summed E-state index contributed by atoms with van der Waals surface area (Å²) in [5.41, 5.74) is 0. The summed E-state index contributed by atoms with van der Waals surface area (Å²) in [5, 5.41) is 0. The Morgan fingerprint density at radius 2 is 1.78 bits per heavy atom. The van der Waals surface area contributed by atoms with Gasteiger partial charge in [-0.1, -0.05) is 15.9 Å². The zero-order valence-corrected chi connectivity index (χ0v) is 7.88. The first-order chi connectivity index (χ1) is 4.20. The van der Waals surface area contributed by atoms with Crippen LogP contribution in [0, 0.1) is 0 Å². The predicted octanol–water partition coefficient (Wildman–Crippen LogP) is 3.03. The largest absolute Gasteiger partial charge is 0.142 e. The van der Waals surface area contributed by atoms with Gasteiger partial charge in [-0.3, -0.25) is 0 Å². The first kappa shape index (κ1) is 7.51. The van der Waals surface area contributed by atoms with Crippen molar-refractivity contribution in [1.82, 2.24) is 0 Å². The normalized spacial score (nSPS) is 9.67. The fraction of sp³-hybridized carbons (Fsp3) is 0. The fourth-order valence-corrected chi connectivity index (χ4v) is 1.39. The van der Waals surface area contributed by atoms with Crippen LogP contribution >= 0.6 is 41.2 Å². The van der Waals surface area contributed by atoms with E-state index in [1.54, 1.807) is 0 Å². The smallest absolute Gasteiger partial charge is 0.0187 e. The highest BCUT2D eigenvalue weighted by Crippen LogP contribution is 2.21. The van der Waals surface area contributed by atoms with Crippen LogP contribution < -0.4 is 0 Å². The molecule has 9 heavy (non-hydrogen) atoms. The van der Waals surface area contributed by atoms with Gasteiger partial charge in [0.1, 0.15) is 0 Å². The molecule has 0 N–H and O–H groups in total. The van der Waals surface area contributed by atoms with Crippen molar-refractivity contribution >= 4 is 41.2 Å². The van der Waals surface area contributed by atoms with E-state index in [4.69, 9.17) is 0 Å². The maximum absolute atomic E-state index is 4.16. The molecule has 0 aromatic heterocycles. The van der Waals surface area contributed by atoms with E-state index in [0.29, 0.717) is 0 Å². The van der Waals surface area contributed by atoms with Crippen LogP contribution in [0.25, 0.3) is 0 Å².